The van der Waals surface area contributed by atoms with Crippen LogP contribution in [0.1, 0.15) is 18.7 Å². The molecule has 0 fully saturated rings. The summed E-state index contributed by atoms with van der Waals surface area (Å²) in [6, 6.07) is 3.38. The minimum absolute atomic E-state index is 0.0940. The summed E-state index contributed by atoms with van der Waals surface area (Å²) in [5, 5.41) is 6.34. The number of anilines is 2. The van der Waals surface area contributed by atoms with E-state index in [9.17, 15) is 0 Å². The first-order chi connectivity index (χ1) is 9.55. The lowest BCUT2D eigenvalue weighted by atomic mass is 10.2. The number of benzene rings is 1. The summed E-state index contributed by atoms with van der Waals surface area (Å²) in [6.07, 6.45) is 0. The lowest BCUT2D eigenvalue weighted by Gasteiger charge is -2.12. The molecule has 1 aromatic heterocycles. The first kappa shape index (κ1) is 14.9. The van der Waals surface area contributed by atoms with Gasteiger partial charge in [-0.1, -0.05) is 11.6 Å². The summed E-state index contributed by atoms with van der Waals surface area (Å²) >= 11 is 7.54. The highest BCUT2D eigenvalue weighted by molar-refractivity contribution is 7.13. The second-order valence-corrected chi connectivity index (χ2v) is 5.44. The molecule has 108 valence electrons. The maximum atomic E-state index is 6.07. The number of halogens is 1. The van der Waals surface area contributed by atoms with Crippen LogP contribution in [0, 0.1) is 0 Å². The Morgan fingerprint density at radius 1 is 1.30 bits per heavy atom. The molecule has 1 unspecified atom stereocenters. The van der Waals surface area contributed by atoms with E-state index in [2.05, 4.69) is 10.3 Å². The molecule has 1 heterocycles. The topological polar surface area (TPSA) is 69.4 Å². The van der Waals surface area contributed by atoms with E-state index in [0.29, 0.717) is 16.5 Å². The van der Waals surface area contributed by atoms with Gasteiger partial charge in [0.2, 0.25) is 0 Å². The van der Waals surface area contributed by atoms with E-state index < -0.39 is 0 Å². The Kier molecular flexibility index (Phi) is 4.69. The number of methoxy groups -OCH3 is 2. The molecule has 1 aromatic carbocycles. The second kappa shape index (κ2) is 6.30. The molecule has 0 aliphatic heterocycles. The van der Waals surface area contributed by atoms with Crippen LogP contribution < -0.4 is 20.5 Å². The van der Waals surface area contributed by atoms with Crippen LogP contribution in [-0.2, 0) is 0 Å². The zero-order chi connectivity index (χ0) is 14.7. The number of nitrogens with one attached hydrogen (secondary N) is 1. The Labute approximate surface area is 126 Å². The molecule has 20 heavy (non-hydrogen) atoms. The number of hydrogen-bond acceptors (Lipinski definition) is 6. The zero-order valence-corrected chi connectivity index (χ0v) is 13.0. The van der Waals surface area contributed by atoms with Gasteiger partial charge >= 0.3 is 0 Å². The molecule has 0 saturated heterocycles. The minimum atomic E-state index is -0.0940. The highest BCUT2D eigenvalue weighted by Gasteiger charge is 2.12. The van der Waals surface area contributed by atoms with Gasteiger partial charge in [0.25, 0.3) is 0 Å². The molecule has 1 atom stereocenters. The number of rotatable bonds is 5. The summed E-state index contributed by atoms with van der Waals surface area (Å²) in [5.41, 5.74) is 7.38. The third-order valence-corrected chi connectivity index (χ3v) is 3.78. The fourth-order valence-corrected chi connectivity index (χ4v) is 2.68. The Morgan fingerprint density at radius 3 is 2.55 bits per heavy atom. The van der Waals surface area contributed by atoms with Crippen molar-refractivity contribution in [1.82, 2.24) is 4.98 Å². The standard InChI is InChI=1S/C13H16ClN3O2S/c1-7(15)10-6-20-13(17-10)16-9-5-11(18-2)8(14)4-12(9)19-3/h4-7H,15H2,1-3H3,(H,16,17). The molecular weight excluding hydrogens is 298 g/mol. The average molecular weight is 314 g/mol. The molecule has 0 radical (unpaired) electrons. The van der Waals surface area contributed by atoms with E-state index >= 15 is 0 Å². The van der Waals surface area contributed by atoms with E-state index in [0.717, 1.165) is 16.5 Å². The SMILES string of the molecule is COc1cc(Nc2nc(C(C)N)cs2)c(OC)cc1Cl. The Bertz CT molecular complexity index is 601. The maximum absolute atomic E-state index is 6.07. The lowest BCUT2D eigenvalue weighted by molar-refractivity contribution is 0.405. The van der Waals surface area contributed by atoms with E-state index in [1.165, 1.54) is 11.3 Å². The van der Waals surface area contributed by atoms with Crippen LogP contribution in [0.3, 0.4) is 0 Å². The first-order valence-electron chi connectivity index (χ1n) is 5.94. The van der Waals surface area contributed by atoms with Crippen molar-refractivity contribution in [3.05, 3.63) is 28.2 Å². The molecule has 0 aliphatic rings. The number of aromatic nitrogens is 1. The second-order valence-electron chi connectivity index (χ2n) is 4.18. The van der Waals surface area contributed by atoms with Crippen molar-refractivity contribution in [3.8, 4) is 11.5 Å². The van der Waals surface area contributed by atoms with Gasteiger partial charge in [0.1, 0.15) is 11.5 Å². The molecule has 2 aromatic rings. The molecular formula is C13H16ClN3O2S. The van der Waals surface area contributed by atoms with Gasteiger partial charge in [-0.05, 0) is 6.92 Å². The third-order valence-electron chi connectivity index (χ3n) is 2.70. The fourth-order valence-electron chi connectivity index (χ4n) is 1.63. The number of hydrogen-bond donors (Lipinski definition) is 2. The fraction of sp³-hybridized carbons (Fsp3) is 0.308. The molecule has 0 spiro atoms. The predicted molar refractivity (Wildman–Crippen MR) is 82.6 cm³/mol. The Balaban J connectivity index is 2.31. The van der Waals surface area contributed by atoms with E-state index in [1.54, 1.807) is 26.4 Å². The van der Waals surface area contributed by atoms with Crippen molar-refractivity contribution in [1.29, 1.82) is 0 Å². The smallest absolute Gasteiger partial charge is 0.187 e. The van der Waals surface area contributed by atoms with Crippen molar-refractivity contribution >= 4 is 33.8 Å². The highest BCUT2D eigenvalue weighted by Crippen LogP contribution is 2.37. The van der Waals surface area contributed by atoms with E-state index in [1.807, 2.05) is 12.3 Å². The molecule has 2 rings (SSSR count). The van der Waals surface area contributed by atoms with E-state index in [4.69, 9.17) is 26.8 Å². The number of thiazole rings is 1. The van der Waals surface area contributed by atoms with Gasteiger partial charge in [0.15, 0.2) is 5.13 Å². The lowest BCUT2D eigenvalue weighted by Crippen LogP contribution is -2.05. The first-order valence-corrected chi connectivity index (χ1v) is 7.20. The predicted octanol–water partition coefficient (Wildman–Crippen LogP) is 3.58. The van der Waals surface area contributed by atoms with Crippen molar-refractivity contribution in [3.63, 3.8) is 0 Å². The molecule has 7 heteroatoms. The van der Waals surface area contributed by atoms with E-state index in [-0.39, 0.29) is 6.04 Å². The van der Waals surface area contributed by atoms with Gasteiger partial charge in [-0.2, -0.15) is 0 Å². The van der Waals surface area contributed by atoms with Crippen LogP contribution >= 0.6 is 22.9 Å². The summed E-state index contributed by atoms with van der Waals surface area (Å²) in [5.74, 6) is 1.19. The van der Waals surface area contributed by atoms with Crippen LogP contribution in [0.15, 0.2) is 17.5 Å². The third kappa shape index (κ3) is 3.15. The largest absolute Gasteiger partial charge is 0.495 e. The highest BCUT2D eigenvalue weighted by atomic mass is 35.5. The Morgan fingerprint density at radius 2 is 2.00 bits per heavy atom. The average Bonchev–Trinajstić information content (AvgIpc) is 2.89. The molecule has 0 aliphatic carbocycles. The monoisotopic (exact) mass is 313 g/mol. The molecule has 5 nitrogen and oxygen atoms in total. The van der Waals surface area contributed by atoms with Crippen LogP contribution in [0.2, 0.25) is 5.02 Å². The van der Waals surface area contributed by atoms with Crippen LogP contribution in [0.5, 0.6) is 11.5 Å². The maximum Gasteiger partial charge on any atom is 0.187 e. The quantitative estimate of drug-likeness (QED) is 0.883. The molecule has 0 bridgehead atoms. The number of nitrogens with zero attached hydrogens (tertiary/aromatic N) is 1. The molecule has 0 amide bonds. The minimum Gasteiger partial charge on any atom is -0.495 e. The number of ether oxygens (including phenoxy) is 2. The summed E-state index contributed by atoms with van der Waals surface area (Å²) in [4.78, 5) is 4.41. The van der Waals surface area contributed by atoms with Crippen molar-refractivity contribution < 1.29 is 9.47 Å². The summed E-state index contributed by atoms with van der Waals surface area (Å²) < 4.78 is 10.5. The summed E-state index contributed by atoms with van der Waals surface area (Å²) in [7, 11) is 3.15. The van der Waals surface area contributed by atoms with Gasteiger partial charge in [-0.3, -0.25) is 0 Å². The van der Waals surface area contributed by atoms with Gasteiger partial charge < -0.3 is 20.5 Å². The number of nitrogens with two attached hydrogens (primary N) is 1. The van der Waals surface area contributed by atoms with Crippen molar-refractivity contribution in [2.45, 2.75) is 13.0 Å². The summed E-state index contributed by atoms with van der Waals surface area (Å²) in [6.45, 7) is 1.89. The van der Waals surface area contributed by atoms with Gasteiger partial charge in [0.05, 0.1) is 30.6 Å². The molecule has 3 N–H and O–H groups in total. The Hall–Kier alpha value is -1.50. The van der Waals surface area contributed by atoms with Crippen LogP contribution in [0.25, 0.3) is 0 Å². The van der Waals surface area contributed by atoms with Crippen molar-refractivity contribution in [2.75, 3.05) is 19.5 Å². The van der Waals surface area contributed by atoms with Crippen LogP contribution in [-0.4, -0.2) is 19.2 Å². The van der Waals surface area contributed by atoms with Crippen molar-refractivity contribution in [2.24, 2.45) is 5.73 Å². The molecule has 0 saturated carbocycles. The van der Waals surface area contributed by atoms with Gasteiger partial charge in [-0.15, -0.1) is 11.3 Å². The van der Waals surface area contributed by atoms with Gasteiger partial charge in [-0.25, -0.2) is 4.98 Å². The van der Waals surface area contributed by atoms with Crippen LogP contribution in [0.4, 0.5) is 10.8 Å². The van der Waals surface area contributed by atoms with Gasteiger partial charge in [0, 0.05) is 23.6 Å². The zero-order valence-electron chi connectivity index (χ0n) is 11.4. The normalized spacial score (nSPS) is 12.1.